The molecule has 9 heteroatoms. The smallest absolute Gasteiger partial charge is 0.262 e. The van der Waals surface area contributed by atoms with Gasteiger partial charge in [0.1, 0.15) is 15.6 Å². The molecule has 31 heavy (non-hydrogen) atoms. The lowest BCUT2D eigenvalue weighted by atomic mass is 10.1. The van der Waals surface area contributed by atoms with Crippen LogP contribution in [0, 0.1) is 6.92 Å². The van der Waals surface area contributed by atoms with Crippen molar-refractivity contribution in [2.45, 2.75) is 13.3 Å². The van der Waals surface area contributed by atoms with Gasteiger partial charge in [-0.1, -0.05) is 11.6 Å². The molecule has 1 heterocycles. The zero-order valence-corrected chi connectivity index (χ0v) is 19.0. The Morgan fingerprint density at radius 2 is 1.81 bits per heavy atom. The van der Waals surface area contributed by atoms with Gasteiger partial charge in [-0.2, -0.15) is 0 Å². The van der Waals surface area contributed by atoms with E-state index in [0.717, 1.165) is 11.6 Å². The van der Waals surface area contributed by atoms with E-state index in [-0.39, 0.29) is 30.5 Å². The Hall–Kier alpha value is -2.84. The number of halogens is 1. The van der Waals surface area contributed by atoms with Crippen molar-refractivity contribution < 1.29 is 22.7 Å². The summed E-state index contributed by atoms with van der Waals surface area (Å²) >= 11 is 5.94. The molecule has 0 aliphatic heterocycles. The number of nitrogens with one attached hydrogen (secondary N) is 1. The molecule has 7 nitrogen and oxygen atoms in total. The number of carbonyl (C=O) groups excluding carboxylic acids is 2. The molecule has 0 saturated heterocycles. The van der Waals surface area contributed by atoms with Crippen molar-refractivity contribution in [2.24, 2.45) is 0 Å². The Balaban J connectivity index is 2.00. The van der Waals surface area contributed by atoms with Crippen LogP contribution in [-0.2, 0) is 21.1 Å². The molecule has 2 aromatic carbocycles. The van der Waals surface area contributed by atoms with Gasteiger partial charge in [-0.25, -0.2) is 8.42 Å². The van der Waals surface area contributed by atoms with Crippen LogP contribution in [0.1, 0.15) is 21.6 Å². The van der Waals surface area contributed by atoms with Crippen LogP contribution in [0.3, 0.4) is 0 Å². The number of fused-ring (bicyclic) bond motifs is 1. The Bertz CT molecular complexity index is 1250. The molecule has 1 amide bonds. The van der Waals surface area contributed by atoms with Crippen LogP contribution in [0.2, 0.25) is 5.02 Å². The summed E-state index contributed by atoms with van der Waals surface area (Å²) in [5, 5.41) is 3.88. The third-order valence-corrected chi connectivity index (χ3v) is 6.17. The fourth-order valence-corrected chi connectivity index (χ4v) is 3.99. The van der Waals surface area contributed by atoms with Gasteiger partial charge in [0, 0.05) is 34.5 Å². The first kappa shape index (κ1) is 22.8. The lowest BCUT2D eigenvalue weighted by molar-refractivity contribution is -0.120. The number of carbonyl (C=O) groups is 2. The molecular weight excluding hydrogens is 440 g/mol. The second-order valence-corrected chi connectivity index (χ2v) is 9.95. The molecule has 3 aromatic rings. The highest BCUT2D eigenvalue weighted by Crippen LogP contribution is 2.30. The van der Waals surface area contributed by atoms with E-state index >= 15 is 0 Å². The van der Waals surface area contributed by atoms with Crippen molar-refractivity contribution in [1.82, 2.24) is 9.88 Å². The molecule has 0 atom stereocenters. The minimum Gasteiger partial charge on any atom is -0.497 e. The maximum atomic E-state index is 13.2. The quantitative estimate of drug-likeness (QED) is 0.582. The number of amides is 1. The largest absolute Gasteiger partial charge is 0.497 e. The zero-order valence-electron chi connectivity index (χ0n) is 17.4. The topological polar surface area (TPSA) is 94.5 Å². The molecule has 0 fully saturated rings. The van der Waals surface area contributed by atoms with Gasteiger partial charge < -0.3 is 10.1 Å². The number of sulfone groups is 1. The summed E-state index contributed by atoms with van der Waals surface area (Å²) in [5.41, 5.74) is 2.41. The van der Waals surface area contributed by atoms with Crippen LogP contribution >= 0.6 is 11.6 Å². The molecule has 0 spiro atoms. The van der Waals surface area contributed by atoms with Gasteiger partial charge in [0.25, 0.3) is 5.91 Å². The fraction of sp³-hybridized carbons (Fsp3) is 0.273. The van der Waals surface area contributed by atoms with Crippen molar-refractivity contribution in [3.8, 4) is 5.75 Å². The van der Waals surface area contributed by atoms with Crippen molar-refractivity contribution in [3.05, 3.63) is 64.3 Å². The van der Waals surface area contributed by atoms with Gasteiger partial charge in [0.05, 0.1) is 24.8 Å². The minimum absolute atomic E-state index is 0.000159. The van der Waals surface area contributed by atoms with Gasteiger partial charge >= 0.3 is 0 Å². The predicted octanol–water partition coefficient (Wildman–Crippen LogP) is 3.00. The van der Waals surface area contributed by atoms with Crippen LogP contribution in [0.25, 0.3) is 10.9 Å². The molecule has 0 bridgehead atoms. The SMILES string of the molecule is COc1ccc2c(c1)c(CC(=O)NCCS(C)(=O)=O)c(C)n2C(=O)c1ccc(Cl)cc1. The van der Waals surface area contributed by atoms with E-state index in [1.54, 1.807) is 61.1 Å². The van der Waals surface area contributed by atoms with Crippen molar-refractivity contribution >= 4 is 44.2 Å². The standard InChI is InChI=1S/C22H23ClN2O5S/c1-14-18(13-21(26)24-10-11-31(3,28)29)19-12-17(30-2)8-9-20(19)25(14)22(27)15-4-6-16(23)7-5-15/h4-9,12H,10-11,13H2,1-3H3,(H,24,26). The third-order valence-electron chi connectivity index (χ3n) is 4.97. The van der Waals surface area contributed by atoms with Gasteiger partial charge in [-0.3, -0.25) is 14.2 Å². The lowest BCUT2D eigenvalue weighted by Gasteiger charge is -2.08. The van der Waals surface area contributed by atoms with E-state index in [1.165, 1.54) is 0 Å². The number of benzene rings is 2. The average molecular weight is 463 g/mol. The Kier molecular flexibility index (Phi) is 6.71. The minimum atomic E-state index is -3.17. The highest BCUT2D eigenvalue weighted by molar-refractivity contribution is 7.90. The third kappa shape index (κ3) is 5.26. The Labute approximate surface area is 185 Å². The number of methoxy groups -OCH3 is 1. The van der Waals surface area contributed by atoms with Gasteiger partial charge in [-0.05, 0) is 55.0 Å². The molecule has 1 N–H and O–H groups in total. The summed E-state index contributed by atoms with van der Waals surface area (Å²) < 4.78 is 29.5. The van der Waals surface area contributed by atoms with Crippen molar-refractivity contribution in [2.75, 3.05) is 25.7 Å². The van der Waals surface area contributed by atoms with E-state index in [0.29, 0.717) is 33.1 Å². The molecule has 0 aliphatic carbocycles. The summed E-state index contributed by atoms with van der Waals surface area (Å²) in [7, 11) is -1.63. The van der Waals surface area contributed by atoms with Crippen LogP contribution in [0.15, 0.2) is 42.5 Å². The monoisotopic (exact) mass is 462 g/mol. The number of aromatic nitrogens is 1. The first-order valence-electron chi connectivity index (χ1n) is 9.53. The summed E-state index contributed by atoms with van der Waals surface area (Å²) in [5.74, 6) is -0.106. The van der Waals surface area contributed by atoms with E-state index in [4.69, 9.17) is 16.3 Å². The predicted molar refractivity (Wildman–Crippen MR) is 121 cm³/mol. The maximum Gasteiger partial charge on any atom is 0.262 e. The van der Waals surface area contributed by atoms with Crippen LogP contribution in [0.4, 0.5) is 0 Å². The normalized spacial score (nSPS) is 11.5. The second-order valence-electron chi connectivity index (χ2n) is 7.25. The molecular formula is C22H23ClN2O5S. The second kappa shape index (κ2) is 9.11. The highest BCUT2D eigenvalue weighted by Gasteiger charge is 2.22. The lowest BCUT2D eigenvalue weighted by Crippen LogP contribution is -2.30. The van der Waals surface area contributed by atoms with Gasteiger partial charge in [0.15, 0.2) is 0 Å². The molecule has 0 aliphatic rings. The van der Waals surface area contributed by atoms with Gasteiger partial charge in [-0.15, -0.1) is 0 Å². The highest BCUT2D eigenvalue weighted by atomic mass is 35.5. The number of nitrogens with zero attached hydrogens (tertiary/aromatic N) is 1. The fourth-order valence-electron chi connectivity index (χ4n) is 3.39. The molecule has 164 valence electrons. The van der Waals surface area contributed by atoms with Crippen molar-refractivity contribution in [3.63, 3.8) is 0 Å². The van der Waals surface area contributed by atoms with Crippen LogP contribution in [-0.4, -0.2) is 50.5 Å². The summed E-state index contributed by atoms with van der Waals surface area (Å²) in [6.45, 7) is 1.81. The molecule has 0 radical (unpaired) electrons. The van der Waals surface area contributed by atoms with E-state index in [9.17, 15) is 18.0 Å². The Morgan fingerprint density at radius 3 is 2.42 bits per heavy atom. The Morgan fingerprint density at radius 1 is 1.13 bits per heavy atom. The van der Waals surface area contributed by atoms with Gasteiger partial charge in [0.2, 0.25) is 5.91 Å². The number of rotatable bonds is 7. The molecule has 0 saturated carbocycles. The van der Waals surface area contributed by atoms with Crippen molar-refractivity contribution in [1.29, 1.82) is 0 Å². The van der Waals surface area contributed by atoms with E-state index in [2.05, 4.69) is 5.32 Å². The maximum absolute atomic E-state index is 13.2. The van der Waals surface area contributed by atoms with E-state index < -0.39 is 9.84 Å². The summed E-state index contributed by atoms with van der Waals surface area (Å²) in [6.07, 6.45) is 1.12. The summed E-state index contributed by atoms with van der Waals surface area (Å²) in [6, 6.07) is 11.9. The molecule has 3 rings (SSSR count). The number of ether oxygens (including phenoxy) is 1. The molecule has 0 unspecified atom stereocenters. The number of hydrogen-bond acceptors (Lipinski definition) is 5. The first-order valence-corrected chi connectivity index (χ1v) is 12.0. The number of hydrogen-bond donors (Lipinski definition) is 1. The molecule has 1 aromatic heterocycles. The first-order chi connectivity index (χ1) is 14.6. The summed E-state index contributed by atoms with van der Waals surface area (Å²) in [4.78, 5) is 25.7. The average Bonchev–Trinajstić information content (AvgIpc) is 2.98. The van der Waals surface area contributed by atoms with Crippen LogP contribution < -0.4 is 10.1 Å². The zero-order chi connectivity index (χ0) is 22.8. The van der Waals surface area contributed by atoms with Crippen LogP contribution in [0.5, 0.6) is 5.75 Å². The van der Waals surface area contributed by atoms with E-state index in [1.807, 2.05) is 0 Å².